The van der Waals surface area contributed by atoms with Gasteiger partial charge in [-0.05, 0) is 24.6 Å². The molecule has 68 valence electrons. The third-order valence-corrected chi connectivity index (χ3v) is 2.60. The lowest BCUT2D eigenvalue weighted by Gasteiger charge is -2.02. The van der Waals surface area contributed by atoms with Gasteiger partial charge >= 0.3 is 0 Å². The third-order valence-electron chi connectivity index (χ3n) is 1.60. The Morgan fingerprint density at radius 2 is 2.08 bits per heavy atom. The van der Waals surface area contributed by atoms with Gasteiger partial charge in [0.2, 0.25) is 0 Å². The monoisotopic (exact) mass is 193 g/mol. The van der Waals surface area contributed by atoms with E-state index in [1.165, 1.54) is 11.8 Å². The second kappa shape index (κ2) is 4.90. The Labute approximate surface area is 82.2 Å². The number of nitrogens with zero attached hydrogens (tertiary/aromatic N) is 1. The number of benzene rings is 1. The van der Waals surface area contributed by atoms with Crippen molar-refractivity contribution in [1.29, 1.82) is 5.26 Å². The first-order valence-electron chi connectivity index (χ1n) is 4.02. The SMILES string of the molecule is CC(C#N)Sc1ccc(CO)cc1. The average Bonchev–Trinajstić information content (AvgIpc) is 2.19. The Morgan fingerprint density at radius 3 is 2.54 bits per heavy atom. The molecule has 0 heterocycles. The summed E-state index contributed by atoms with van der Waals surface area (Å²) in [5, 5.41) is 17.4. The van der Waals surface area contributed by atoms with Gasteiger partial charge in [-0.2, -0.15) is 5.26 Å². The molecule has 0 saturated carbocycles. The van der Waals surface area contributed by atoms with Crippen LogP contribution < -0.4 is 0 Å². The Balaban J connectivity index is 2.65. The van der Waals surface area contributed by atoms with Crippen LogP contribution in [0, 0.1) is 11.3 Å². The van der Waals surface area contributed by atoms with Gasteiger partial charge in [-0.3, -0.25) is 0 Å². The molecule has 2 nitrogen and oxygen atoms in total. The summed E-state index contributed by atoms with van der Waals surface area (Å²) in [6.45, 7) is 1.93. The van der Waals surface area contributed by atoms with Crippen LogP contribution in [0.4, 0.5) is 0 Å². The number of aliphatic hydroxyl groups excluding tert-OH is 1. The largest absolute Gasteiger partial charge is 0.392 e. The Kier molecular flexibility index (Phi) is 3.81. The Bertz CT molecular complexity index is 302. The van der Waals surface area contributed by atoms with Gasteiger partial charge in [0.25, 0.3) is 0 Å². The number of aliphatic hydroxyl groups is 1. The summed E-state index contributed by atoms with van der Waals surface area (Å²) in [6, 6.07) is 9.73. The maximum atomic E-state index is 8.80. The fraction of sp³-hybridized carbons (Fsp3) is 0.300. The highest BCUT2D eigenvalue weighted by Crippen LogP contribution is 2.22. The average molecular weight is 193 g/mol. The van der Waals surface area contributed by atoms with Crippen molar-refractivity contribution in [3.8, 4) is 6.07 Å². The molecule has 1 rings (SSSR count). The number of thioether (sulfide) groups is 1. The lowest BCUT2D eigenvalue weighted by Crippen LogP contribution is -1.89. The van der Waals surface area contributed by atoms with E-state index in [1.807, 2.05) is 31.2 Å². The number of hydrogen-bond acceptors (Lipinski definition) is 3. The van der Waals surface area contributed by atoms with E-state index in [4.69, 9.17) is 10.4 Å². The molecule has 0 bridgehead atoms. The summed E-state index contributed by atoms with van der Waals surface area (Å²) in [7, 11) is 0. The van der Waals surface area contributed by atoms with Gasteiger partial charge < -0.3 is 5.11 Å². The van der Waals surface area contributed by atoms with Crippen LogP contribution in [0.5, 0.6) is 0 Å². The third kappa shape index (κ3) is 3.10. The molecule has 0 aliphatic rings. The zero-order valence-corrected chi connectivity index (χ0v) is 8.21. The molecule has 1 aromatic rings. The molecular weight excluding hydrogens is 182 g/mol. The van der Waals surface area contributed by atoms with Crippen molar-refractivity contribution in [2.75, 3.05) is 0 Å². The topological polar surface area (TPSA) is 44.0 Å². The van der Waals surface area contributed by atoms with E-state index in [0.29, 0.717) is 0 Å². The molecule has 1 aromatic carbocycles. The van der Waals surface area contributed by atoms with Crippen LogP contribution in [0.3, 0.4) is 0 Å². The number of hydrogen-bond donors (Lipinski definition) is 1. The van der Waals surface area contributed by atoms with Gasteiger partial charge in [-0.15, -0.1) is 11.8 Å². The minimum Gasteiger partial charge on any atom is -0.392 e. The van der Waals surface area contributed by atoms with Crippen molar-refractivity contribution in [1.82, 2.24) is 0 Å². The molecule has 3 heteroatoms. The van der Waals surface area contributed by atoms with Crippen molar-refractivity contribution in [2.24, 2.45) is 0 Å². The summed E-state index contributed by atoms with van der Waals surface area (Å²) in [4.78, 5) is 1.06. The molecule has 13 heavy (non-hydrogen) atoms. The lowest BCUT2D eigenvalue weighted by molar-refractivity contribution is 0.282. The first kappa shape index (κ1) is 10.1. The minimum atomic E-state index is -0.0278. The highest BCUT2D eigenvalue weighted by molar-refractivity contribution is 8.00. The van der Waals surface area contributed by atoms with E-state index in [9.17, 15) is 0 Å². The van der Waals surface area contributed by atoms with Gasteiger partial charge in [-0.25, -0.2) is 0 Å². The summed E-state index contributed by atoms with van der Waals surface area (Å²) in [6.07, 6.45) is 0. The second-order valence-electron chi connectivity index (χ2n) is 2.69. The maximum Gasteiger partial charge on any atom is 0.0935 e. The smallest absolute Gasteiger partial charge is 0.0935 e. The number of nitriles is 1. The van der Waals surface area contributed by atoms with Gasteiger partial charge in [0.15, 0.2) is 0 Å². The molecule has 0 saturated heterocycles. The van der Waals surface area contributed by atoms with Crippen LogP contribution in [0.2, 0.25) is 0 Å². The first-order chi connectivity index (χ1) is 6.26. The second-order valence-corrected chi connectivity index (χ2v) is 4.11. The van der Waals surface area contributed by atoms with Gasteiger partial charge in [0.1, 0.15) is 0 Å². The maximum absolute atomic E-state index is 8.80. The zero-order chi connectivity index (χ0) is 9.68. The fourth-order valence-corrected chi connectivity index (χ4v) is 1.66. The summed E-state index contributed by atoms with van der Waals surface area (Å²) < 4.78 is 0. The summed E-state index contributed by atoms with van der Waals surface area (Å²) in [5.74, 6) is 0. The fourth-order valence-electron chi connectivity index (χ4n) is 0.904. The molecule has 0 fully saturated rings. The van der Waals surface area contributed by atoms with Crippen molar-refractivity contribution in [3.63, 3.8) is 0 Å². The first-order valence-corrected chi connectivity index (χ1v) is 4.90. The molecule has 0 aromatic heterocycles. The summed E-state index contributed by atoms with van der Waals surface area (Å²) in [5.41, 5.74) is 0.897. The standard InChI is InChI=1S/C10H11NOS/c1-8(6-11)13-10-4-2-9(7-12)3-5-10/h2-5,8,12H,7H2,1H3. The molecule has 0 aliphatic heterocycles. The van der Waals surface area contributed by atoms with E-state index in [-0.39, 0.29) is 11.9 Å². The van der Waals surface area contributed by atoms with Crippen molar-refractivity contribution >= 4 is 11.8 Å². The van der Waals surface area contributed by atoms with Crippen molar-refractivity contribution in [3.05, 3.63) is 29.8 Å². The summed E-state index contributed by atoms with van der Waals surface area (Å²) >= 11 is 1.52. The molecule has 0 radical (unpaired) electrons. The molecule has 0 spiro atoms. The van der Waals surface area contributed by atoms with Gasteiger partial charge in [0, 0.05) is 4.90 Å². The van der Waals surface area contributed by atoms with Crippen LogP contribution in [0.1, 0.15) is 12.5 Å². The van der Waals surface area contributed by atoms with Crippen LogP contribution in [0.25, 0.3) is 0 Å². The highest BCUT2D eigenvalue weighted by atomic mass is 32.2. The van der Waals surface area contributed by atoms with Crippen LogP contribution in [-0.4, -0.2) is 10.4 Å². The van der Waals surface area contributed by atoms with E-state index in [2.05, 4.69) is 6.07 Å². The van der Waals surface area contributed by atoms with Crippen LogP contribution in [-0.2, 0) is 6.61 Å². The lowest BCUT2D eigenvalue weighted by atomic mass is 10.2. The normalized spacial score (nSPS) is 12.1. The zero-order valence-electron chi connectivity index (χ0n) is 7.40. The molecule has 1 unspecified atom stereocenters. The van der Waals surface area contributed by atoms with Crippen LogP contribution >= 0.6 is 11.8 Å². The quantitative estimate of drug-likeness (QED) is 0.748. The van der Waals surface area contributed by atoms with E-state index < -0.39 is 0 Å². The van der Waals surface area contributed by atoms with E-state index in [0.717, 1.165) is 10.5 Å². The molecular formula is C10H11NOS. The van der Waals surface area contributed by atoms with Crippen molar-refractivity contribution < 1.29 is 5.11 Å². The molecule has 1 atom stereocenters. The van der Waals surface area contributed by atoms with Gasteiger partial charge in [0.05, 0.1) is 17.9 Å². The predicted octanol–water partition coefficient (Wildman–Crippen LogP) is 2.18. The highest BCUT2D eigenvalue weighted by Gasteiger charge is 2.01. The Hall–Kier alpha value is -0.980. The molecule has 0 aliphatic carbocycles. The predicted molar refractivity (Wildman–Crippen MR) is 53.3 cm³/mol. The molecule has 1 N–H and O–H groups in total. The Morgan fingerprint density at radius 1 is 1.46 bits per heavy atom. The number of rotatable bonds is 3. The minimum absolute atomic E-state index is 0.0278. The van der Waals surface area contributed by atoms with Gasteiger partial charge in [-0.1, -0.05) is 12.1 Å². The van der Waals surface area contributed by atoms with Crippen LogP contribution in [0.15, 0.2) is 29.2 Å². The van der Waals surface area contributed by atoms with E-state index >= 15 is 0 Å². The van der Waals surface area contributed by atoms with Crippen molar-refractivity contribution in [2.45, 2.75) is 23.7 Å². The van der Waals surface area contributed by atoms with E-state index in [1.54, 1.807) is 0 Å². The molecule has 0 amide bonds.